The van der Waals surface area contributed by atoms with Crippen molar-refractivity contribution in [3.05, 3.63) is 53.2 Å². The zero-order valence-electron chi connectivity index (χ0n) is 19.5. The second-order valence-corrected chi connectivity index (χ2v) is 8.52. The van der Waals surface area contributed by atoms with E-state index in [1.807, 2.05) is 18.3 Å². The third kappa shape index (κ3) is 7.74. The van der Waals surface area contributed by atoms with Gasteiger partial charge in [0, 0.05) is 44.4 Å². The van der Waals surface area contributed by atoms with Crippen LogP contribution in [0.3, 0.4) is 0 Å². The molecule has 2 heterocycles. The third-order valence-electron chi connectivity index (χ3n) is 5.92. The van der Waals surface area contributed by atoms with Crippen molar-refractivity contribution in [2.45, 2.75) is 64.3 Å². The zero-order valence-corrected chi connectivity index (χ0v) is 21.8. The van der Waals surface area contributed by atoms with Gasteiger partial charge in [-0.05, 0) is 49.8 Å². The fourth-order valence-electron chi connectivity index (χ4n) is 4.05. The van der Waals surface area contributed by atoms with Crippen molar-refractivity contribution in [3.8, 4) is 11.6 Å². The number of ether oxygens (including phenoxy) is 3. The summed E-state index contributed by atoms with van der Waals surface area (Å²) in [5.74, 6) is 2.35. The minimum absolute atomic E-state index is 0. The average Bonchev–Trinajstić information content (AvgIpc) is 3.50. The Morgan fingerprint density at radius 1 is 1.06 bits per heavy atom. The minimum Gasteiger partial charge on any atom is -0.488 e. The van der Waals surface area contributed by atoms with Gasteiger partial charge in [0.05, 0.1) is 13.2 Å². The van der Waals surface area contributed by atoms with Crippen molar-refractivity contribution < 1.29 is 14.2 Å². The highest BCUT2D eigenvalue weighted by molar-refractivity contribution is 14.0. The lowest BCUT2D eigenvalue weighted by molar-refractivity contribution is 0.140. The maximum Gasteiger partial charge on any atom is 0.213 e. The Morgan fingerprint density at radius 2 is 1.88 bits per heavy atom. The summed E-state index contributed by atoms with van der Waals surface area (Å²) in [6.45, 7) is 4.75. The molecule has 1 aliphatic carbocycles. The number of nitrogens with one attached hydrogen (secondary N) is 2. The smallest absolute Gasteiger partial charge is 0.213 e. The third-order valence-corrected chi connectivity index (χ3v) is 5.92. The molecule has 0 amide bonds. The number of benzene rings is 1. The molecule has 0 bridgehead atoms. The molecule has 0 spiro atoms. The molecule has 1 atom stereocenters. The van der Waals surface area contributed by atoms with Crippen molar-refractivity contribution in [3.63, 3.8) is 0 Å². The summed E-state index contributed by atoms with van der Waals surface area (Å²) >= 11 is 0. The van der Waals surface area contributed by atoms with Crippen LogP contribution in [0, 0.1) is 6.92 Å². The van der Waals surface area contributed by atoms with Crippen molar-refractivity contribution in [1.29, 1.82) is 0 Å². The molecule has 2 aromatic rings. The van der Waals surface area contributed by atoms with Crippen LogP contribution in [-0.4, -0.2) is 43.4 Å². The van der Waals surface area contributed by atoms with E-state index in [9.17, 15) is 0 Å². The Balaban J connectivity index is 0.00000306. The van der Waals surface area contributed by atoms with E-state index in [0.717, 1.165) is 48.7 Å². The van der Waals surface area contributed by atoms with Crippen LogP contribution in [0.5, 0.6) is 11.6 Å². The van der Waals surface area contributed by atoms with Gasteiger partial charge in [-0.2, -0.15) is 0 Å². The van der Waals surface area contributed by atoms with E-state index in [0.29, 0.717) is 31.7 Å². The van der Waals surface area contributed by atoms with Gasteiger partial charge in [0.2, 0.25) is 5.88 Å². The first-order valence-electron chi connectivity index (χ1n) is 11.6. The molecule has 180 valence electrons. The van der Waals surface area contributed by atoms with Crippen LogP contribution < -0.4 is 20.1 Å². The Kier molecular flexibility index (Phi) is 10.1. The lowest BCUT2D eigenvalue weighted by Gasteiger charge is -2.18. The predicted molar refractivity (Wildman–Crippen MR) is 141 cm³/mol. The second-order valence-electron chi connectivity index (χ2n) is 8.52. The molecule has 1 saturated heterocycles. The van der Waals surface area contributed by atoms with E-state index >= 15 is 0 Å². The SMILES string of the molecule is CN=C(NCc1ccc(OC2CCCC2)nc1)NCc1ccc(C)cc1OC1CCOC1.I. The Hall–Kier alpha value is -2.07. The zero-order chi connectivity index (χ0) is 22.2. The normalized spacial score (nSPS) is 18.6. The van der Waals surface area contributed by atoms with Gasteiger partial charge in [-0.15, -0.1) is 24.0 Å². The molecule has 1 saturated carbocycles. The largest absolute Gasteiger partial charge is 0.488 e. The maximum atomic E-state index is 6.20. The van der Waals surface area contributed by atoms with E-state index < -0.39 is 0 Å². The first kappa shape index (κ1) is 25.6. The highest BCUT2D eigenvalue weighted by Gasteiger charge is 2.19. The molecule has 33 heavy (non-hydrogen) atoms. The number of aryl methyl sites for hydroxylation is 1. The summed E-state index contributed by atoms with van der Waals surface area (Å²) in [6.07, 6.45) is 8.02. The van der Waals surface area contributed by atoms with Crippen LogP contribution in [-0.2, 0) is 17.8 Å². The number of halogens is 1. The van der Waals surface area contributed by atoms with Crippen molar-refractivity contribution in [2.75, 3.05) is 20.3 Å². The van der Waals surface area contributed by atoms with Gasteiger partial charge < -0.3 is 24.8 Å². The Morgan fingerprint density at radius 3 is 2.58 bits per heavy atom. The topological polar surface area (TPSA) is 77.0 Å². The minimum atomic E-state index is 0. The molecule has 8 heteroatoms. The van der Waals surface area contributed by atoms with Gasteiger partial charge in [-0.25, -0.2) is 4.98 Å². The van der Waals surface area contributed by atoms with Gasteiger partial charge in [-0.3, -0.25) is 4.99 Å². The van der Waals surface area contributed by atoms with Crippen LogP contribution in [0.1, 0.15) is 48.8 Å². The molecule has 1 aromatic carbocycles. The van der Waals surface area contributed by atoms with E-state index in [2.05, 4.69) is 45.7 Å². The van der Waals surface area contributed by atoms with E-state index in [-0.39, 0.29) is 30.1 Å². The van der Waals surface area contributed by atoms with Gasteiger partial charge in [-0.1, -0.05) is 18.2 Å². The summed E-state index contributed by atoms with van der Waals surface area (Å²) in [6, 6.07) is 10.3. The quantitative estimate of drug-likeness (QED) is 0.281. The first-order valence-corrected chi connectivity index (χ1v) is 11.6. The molecule has 2 N–H and O–H groups in total. The van der Waals surface area contributed by atoms with Crippen molar-refractivity contribution in [1.82, 2.24) is 15.6 Å². The van der Waals surface area contributed by atoms with Gasteiger partial charge in [0.25, 0.3) is 0 Å². The lowest BCUT2D eigenvalue weighted by atomic mass is 10.1. The standard InChI is InChI=1S/C25H34N4O3.HI/c1-18-7-9-20(23(13-18)31-22-11-12-30-17-22)16-29-25(26-2)28-15-19-8-10-24(27-14-19)32-21-5-3-4-6-21;/h7-10,13-14,21-22H,3-6,11-12,15-17H2,1-2H3,(H2,26,28,29);1H. The fourth-order valence-corrected chi connectivity index (χ4v) is 4.05. The number of rotatable bonds is 8. The highest BCUT2D eigenvalue weighted by atomic mass is 127. The molecule has 4 rings (SSSR count). The molecule has 1 unspecified atom stereocenters. The van der Waals surface area contributed by atoms with Crippen molar-refractivity contribution >= 4 is 29.9 Å². The fraction of sp³-hybridized carbons (Fsp3) is 0.520. The van der Waals surface area contributed by atoms with E-state index in [1.54, 1.807) is 7.05 Å². The number of guanidine groups is 1. The molecular weight excluding hydrogens is 531 g/mol. The van der Waals surface area contributed by atoms with Crippen LogP contribution >= 0.6 is 24.0 Å². The van der Waals surface area contributed by atoms with E-state index in [4.69, 9.17) is 14.2 Å². The van der Waals surface area contributed by atoms with Crippen LogP contribution in [0.25, 0.3) is 0 Å². The molecular formula is C25H35IN4O3. The number of aromatic nitrogens is 1. The van der Waals surface area contributed by atoms with Crippen LogP contribution in [0.2, 0.25) is 0 Å². The molecule has 0 radical (unpaired) electrons. The first-order chi connectivity index (χ1) is 15.7. The molecule has 2 aliphatic rings. The van der Waals surface area contributed by atoms with Crippen LogP contribution in [0.4, 0.5) is 0 Å². The summed E-state index contributed by atoms with van der Waals surface area (Å²) < 4.78 is 17.6. The summed E-state index contributed by atoms with van der Waals surface area (Å²) in [5.41, 5.74) is 3.35. The van der Waals surface area contributed by atoms with Crippen LogP contribution in [0.15, 0.2) is 41.5 Å². The summed E-state index contributed by atoms with van der Waals surface area (Å²) in [5, 5.41) is 6.73. The Bertz CT molecular complexity index is 895. The molecule has 2 fully saturated rings. The predicted octanol–water partition coefficient (Wildman–Crippen LogP) is 4.36. The molecule has 1 aromatic heterocycles. The number of aliphatic imine (C=N–C) groups is 1. The average molecular weight is 566 g/mol. The van der Waals surface area contributed by atoms with Gasteiger partial charge >= 0.3 is 0 Å². The lowest BCUT2D eigenvalue weighted by Crippen LogP contribution is -2.36. The number of pyridine rings is 1. The molecule has 1 aliphatic heterocycles. The maximum absolute atomic E-state index is 6.20. The van der Waals surface area contributed by atoms with E-state index in [1.165, 1.54) is 18.4 Å². The number of nitrogens with zero attached hydrogens (tertiary/aromatic N) is 2. The number of hydrogen-bond acceptors (Lipinski definition) is 5. The summed E-state index contributed by atoms with van der Waals surface area (Å²) in [7, 11) is 1.77. The second kappa shape index (κ2) is 13.0. The monoisotopic (exact) mass is 566 g/mol. The van der Waals surface area contributed by atoms with Crippen molar-refractivity contribution in [2.24, 2.45) is 4.99 Å². The summed E-state index contributed by atoms with van der Waals surface area (Å²) in [4.78, 5) is 8.80. The number of hydrogen-bond donors (Lipinski definition) is 2. The van der Waals surface area contributed by atoms with Gasteiger partial charge in [0.1, 0.15) is 18.0 Å². The Labute approximate surface area is 213 Å². The highest BCUT2D eigenvalue weighted by Crippen LogP contribution is 2.24. The molecule has 7 nitrogen and oxygen atoms in total. The van der Waals surface area contributed by atoms with Gasteiger partial charge in [0.15, 0.2) is 5.96 Å².